The lowest BCUT2D eigenvalue weighted by Gasteiger charge is -1.98. The Kier molecular flexibility index (Phi) is 1.92. The van der Waals surface area contributed by atoms with Gasteiger partial charge in [0.2, 0.25) is 0 Å². The van der Waals surface area contributed by atoms with E-state index in [-0.39, 0.29) is 5.82 Å². The molecule has 0 radical (unpaired) electrons. The average Bonchev–Trinajstić information content (AvgIpc) is 2.50. The highest BCUT2D eigenvalue weighted by molar-refractivity contribution is 5.63. The highest BCUT2D eigenvalue weighted by atomic mass is 19.1. The van der Waals surface area contributed by atoms with Crippen LogP contribution in [-0.2, 0) is 7.05 Å². The minimum absolute atomic E-state index is 0.370. The van der Waals surface area contributed by atoms with E-state index >= 15 is 0 Å². The number of benzene rings is 1. The van der Waals surface area contributed by atoms with Crippen LogP contribution in [0.4, 0.5) is 10.1 Å². The molecule has 14 heavy (non-hydrogen) atoms. The molecule has 0 unspecified atom stereocenters. The van der Waals surface area contributed by atoms with E-state index in [2.05, 4.69) is 10.2 Å². The van der Waals surface area contributed by atoms with Gasteiger partial charge in [0.05, 0.1) is 6.20 Å². The second kappa shape index (κ2) is 3.10. The normalized spacial score (nSPS) is 10.4. The van der Waals surface area contributed by atoms with E-state index in [1.54, 1.807) is 19.3 Å². The molecule has 2 rings (SSSR count). The molecule has 0 aliphatic carbocycles. The van der Waals surface area contributed by atoms with Crippen LogP contribution < -0.4 is 5.73 Å². The summed E-state index contributed by atoms with van der Waals surface area (Å²) in [5, 5.41) is 7.94. The van der Waals surface area contributed by atoms with Crippen molar-refractivity contribution < 1.29 is 4.39 Å². The maximum Gasteiger partial charge on any atom is 0.125 e. The number of anilines is 1. The van der Waals surface area contributed by atoms with E-state index in [1.807, 2.05) is 0 Å². The van der Waals surface area contributed by atoms with Gasteiger partial charge in [0.15, 0.2) is 0 Å². The van der Waals surface area contributed by atoms with Crippen molar-refractivity contribution in [3.05, 3.63) is 30.2 Å². The number of halogens is 1. The molecule has 0 aliphatic heterocycles. The van der Waals surface area contributed by atoms with Gasteiger partial charge < -0.3 is 5.73 Å². The van der Waals surface area contributed by atoms with Crippen LogP contribution >= 0.6 is 0 Å². The molecule has 4 nitrogen and oxygen atoms in total. The topological polar surface area (TPSA) is 56.7 Å². The highest BCUT2D eigenvalue weighted by Crippen LogP contribution is 2.20. The van der Waals surface area contributed by atoms with Gasteiger partial charge in [-0.25, -0.2) is 4.39 Å². The first kappa shape index (κ1) is 8.68. The molecular formula is C9H9FN4. The Bertz CT molecular complexity index is 443. The van der Waals surface area contributed by atoms with E-state index < -0.39 is 0 Å². The maximum atomic E-state index is 13.0. The smallest absolute Gasteiger partial charge is 0.125 e. The Morgan fingerprint density at radius 2 is 2.14 bits per heavy atom. The fourth-order valence-electron chi connectivity index (χ4n) is 1.24. The summed E-state index contributed by atoms with van der Waals surface area (Å²) in [4.78, 5) is 1.41. The molecule has 2 N–H and O–H groups in total. The number of aryl methyl sites for hydroxylation is 1. The van der Waals surface area contributed by atoms with Gasteiger partial charge in [-0.1, -0.05) is 0 Å². The quantitative estimate of drug-likeness (QED) is 0.691. The summed E-state index contributed by atoms with van der Waals surface area (Å²) in [6.45, 7) is 0. The molecule has 0 bridgehead atoms. The first-order chi connectivity index (χ1) is 6.65. The molecule has 0 atom stereocenters. The Hall–Kier alpha value is -1.91. The summed E-state index contributed by atoms with van der Waals surface area (Å²) in [6, 6.07) is 4.30. The Labute approximate surface area is 80.2 Å². The maximum absolute atomic E-state index is 13.0. The lowest BCUT2D eigenvalue weighted by Crippen LogP contribution is -1.92. The van der Waals surface area contributed by atoms with Gasteiger partial charge in [0, 0.05) is 18.3 Å². The summed E-state index contributed by atoms with van der Waals surface area (Å²) in [5.41, 5.74) is 7.13. The molecule has 0 amide bonds. The van der Waals surface area contributed by atoms with Crippen LogP contribution in [0.5, 0.6) is 0 Å². The SMILES string of the molecule is Cn1ncc(-c2cc(N)cc(F)c2)n1. The number of nitrogen functional groups attached to an aromatic ring is 1. The van der Waals surface area contributed by atoms with Crippen molar-refractivity contribution in [1.82, 2.24) is 15.0 Å². The predicted molar refractivity (Wildman–Crippen MR) is 50.8 cm³/mol. The van der Waals surface area contributed by atoms with Crippen molar-refractivity contribution in [2.24, 2.45) is 7.05 Å². The summed E-state index contributed by atoms with van der Waals surface area (Å²) in [7, 11) is 1.70. The molecule has 0 aliphatic rings. The predicted octanol–water partition coefficient (Wildman–Crippen LogP) is 1.20. The zero-order valence-electron chi connectivity index (χ0n) is 7.61. The third kappa shape index (κ3) is 1.56. The second-order valence-electron chi connectivity index (χ2n) is 2.99. The number of aromatic nitrogens is 3. The van der Waals surface area contributed by atoms with Crippen LogP contribution in [0.15, 0.2) is 24.4 Å². The van der Waals surface area contributed by atoms with Crippen LogP contribution in [-0.4, -0.2) is 15.0 Å². The zero-order valence-corrected chi connectivity index (χ0v) is 7.61. The first-order valence-electron chi connectivity index (χ1n) is 4.08. The molecule has 1 aromatic heterocycles. The zero-order chi connectivity index (χ0) is 10.1. The minimum atomic E-state index is -0.370. The number of hydrogen-bond acceptors (Lipinski definition) is 3. The summed E-state index contributed by atoms with van der Waals surface area (Å²) in [6.07, 6.45) is 1.56. The fourth-order valence-corrected chi connectivity index (χ4v) is 1.24. The molecule has 2 aromatic rings. The van der Waals surface area contributed by atoms with Crippen LogP contribution in [0, 0.1) is 5.82 Å². The van der Waals surface area contributed by atoms with Crippen molar-refractivity contribution in [3.63, 3.8) is 0 Å². The van der Waals surface area contributed by atoms with E-state index in [0.29, 0.717) is 16.9 Å². The van der Waals surface area contributed by atoms with Gasteiger partial charge >= 0.3 is 0 Å². The second-order valence-corrected chi connectivity index (χ2v) is 2.99. The molecule has 0 fully saturated rings. The molecule has 1 heterocycles. The molecule has 1 aromatic carbocycles. The molecule has 0 saturated carbocycles. The Morgan fingerprint density at radius 1 is 1.36 bits per heavy atom. The van der Waals surface area contributed by atoms with Crippen molar-refractivity contribution in [2.45, 2.75) is 0 Å². The molecule has 0 saturated heterocycles. The number of rotatable bonds is 1. The number of nitrogens with two attached hydrogens (primary N) is 1. The first-order valence-corrected chi connectivity index (χ1v) is 4.08. The van der Waals surface area contributed by atoms with E-state index in [9.17, 15) is 4.39 Å². The fraction of sp³-hybridized carbons (Fsp3) is 0.111. The van der Waals surface area contributed by atoms with Crippen LogP contribution in [0.25, 0.3) is 11.3 Å². The van der Waals surface area contributed by atoms with Crippen molar-refractivity contribution in [1.29, 1.82) is 0 Å². The molecule has 0 spiro atoms. The third-order valence-electron chi connectivity index (χ3n) is 1.82. The largest absolute Gasteiger partial charge is 0.399 e. The van der Waals surface area contributed by atoms with Crippen LogP contribution in [0.1, 0.15) is 0 Å². The molecule has 5 heteroatoms. The molecule has 72 valence electrons. The Balaban J connectivity index is 2.51. The van der Waals surface area contributed by atoms with Gasteiger partial charge in [-0.2, -0.15) is 15.0 Å². The summed E-state index contributed by atoms with van der Waals surface area (Å²) in [5.74, 6) is -0.370. The van der Waals surface area contributed by atoms with Crippen LogP contribution in [0.3, 0.4) is 0 Å². The lowest BCUT2D eigenvalue weighted by atomic mass is 10.1. The monoisotopic (exact) mass is 192 g/mol. The van der Waals surface area contributed by atoms with E-state index in [1.165, 1.54) is 16.9 Å². The summed E-state index contributed by atoms with van der Waals surface area (Å²) < 4.78 is 13.0. The standard InChI is InChI=1S/C9H9FN4/c1-14-12-5-9(13-14)6-2-7(10)4-8(11)3-6/h2-5H,11H2,1H3. The number of hydrogen-bond donors (Lipinski definition) is 1. The van der Waals surface area contributed by atoms with Gasteiger partial charge in [0.1, 0.15) is 11.5 Å². The van der Waals surface area contributed by atoms with Crippen LogP contribution in [0.2, 0.25) is 0 Å². The minimum Gasteiger partial charge on any atom is -0.399 e. The number of nitrogens with zero attached hydrogens (tertiary/aromatic N) is 3. The highest BCUT2D eigenvalue weighted by Gasteiger charge is 2.04. The summed E-state index contributed by atoms with van der Waals surface area (Å²) >= 11 is 0. The van der Waals surface area contributed by atoms with Crippen molar-refractivity contribution >= 4 is 5.69 Å². The van der Waals surface area contributed by atoms with Crippen molar-refractivity contribution in [2.75, 3.05) is 5.73 Å². The average molecular weight is 192 g/mol. The van der Waals surface area contributed by atoms with E-state index in [0.717, 1.165) is 0 Å². The third-order valence-corrected chi connectivity index (χ3v) is 1.82. The van der Waals surface area contributed by atoms with E-state index in [4.69, 9.17) is 5.73 Å². The van der Waals surface area contributed by atoms with Gasteiger partial charge in [-0.15, -0.1) is 0 Å². The lowest BCUT2D eigenvalue weighted by molar-refractivity contribution is 0.628. The van der Waals surface area contributed by atoms with Gasteiger partial charge in [-0.05, 0) is 18.2 Å². The van der Waals surface area contributed by atoms with Crippen molar-refractivity contribution in [3.8, 4) is 11.3 Å². The van der Waals surface area contributed by atoms with Gasteiger partial charge in [0.25, 0.3) is 0 Å². The molecular weight excluding hydrogens is 183 g/mol. The van der Waals surface area contributed by atoms with Gasteiger partial charge in [-0.3, -0.25) is 0 Å². The Morgan fingerprint density at radius 3 is 2.71 bits per heavy atom.